The number of amides is 1. The monoisotopic (exact) mass is 397 g/mol. The van der Waals surface area contributed by atoms with Gasteiger partial charge in [-0.1, -0.05) is 17.7 Å². The number of hydrogen-bond donors (Lipinski definition) is 1. The zero-order valence-electron chi connectivity index (χ0n) is 16.1. The van der Waals surface area contributed by atoms with E-state index in [1.807, 2.05) is 20.8 Å². The molecule has 0 bridgehead atoms. The summed E-state index contributed by atoms with van der Waals surface area (Å²) in [5, 5.41) is 10.7. The molecule has 2 aliphatic rings. The van der Waals surface area contributed by atoms with Crippen molar-refractivity contribution in [1.29, 1.82) is 0 Å². The van der Waals surface area contributed by atoms with Crippen molar-refractivity contribution >= 4 is 23.6 Å². The van der Waals surface area contributed by atoms with Gasteiger partial charge in [-0.05, 0) is 45.7 Å². The second kappa shape index (κ2) is 7.30. The highest BCUT2D eigenvalue weighted by Crippen LogP contribution is 2.40. The Labute approximate surface area is 164 Å². The standard InChI is InChI=1S/C20H26ClFN2O3/c1-19(2,3)27-18(26)24-10-5-8-20(13-24)9-11-23(17(20)25)12-14-15(21)6-4-7-16(14)22/h4,6-7H,5,8-13H2,1-3H3/p+1. The predicted molar refractivity (Wildman–Crippen MR) is 102 cm³/mol. The number of piperidine rings is 1. The van der Waals surface area contributed by atoms with Crippen LogP contribution in [0.5, 0.6) is 0 Å². The van der Waals surface area contributed by atoms with E-state index in [1.54, 1.807) is 21.6 Å². The lowest BCUT2D eigenvalue weighted by Crippen LogP contribution is -2.47. The van der Waals surface area contributed by atoms with Crippen LogP contribution in [0.3, 0.4) is 0 Å². The van der Waals surface area contributed by atoms with Crippen LogP contribution in [0, 0.1) is 11.2 Å². The largest absolute Gasteiger partial charge is 0.547 e. The zero-order valence-corrected chi connectivity index (χ0v) is 16.9. The molecule has 1 amide bonds. The van der Waals surface area contributed by atoms with Crippen molar-refractivity contribution in [3.05, 3.63) is 34.6 Å². The zero-order chi connectivity index (χ0) is 19.8. The van der Waals surface area contributed by atoms with Crippen LogP contribution in [-0.2, 0) is 16.1 Å². The fourth-order valence-electron chi connectivity index (χ4n) is 3.93. The maximum absolute atomic E-state index is 14.1. The Balaban J connectivity index is 1.78. The molecule has 2 heterocycles. The molecular formula is C20H27ClFN2O3+. The van der Waals surface area contributed by atoms with Crippen molar-refractivity contribution in [2.75, 3.05) is 19.6 Å². The van der Waals surface area contributed by atoms with Gasteiger partial charge in [-0.3, -0.25) is 4.79 Å². The van der Waals surface area contributed by atoms with Crippen LogP contribution in [0.15, 0.2) is 18.2 Å². The molecule has 27 heavy (non-hydrogen) atoms. The molecule has 0 radical (unpaired) electrons. The summed E-state index contributed by atoms with van der Waals surface area (Å²) in [6, 6.07) is 4.55. The fraction of sp³-hybridized carbons (Fsp3) is 0.600. The number of hydrogen-bond acceptors (Lipinski definition) is 2. The topological polar surface area (TPSA) is 52.8 Å². The number of halogens is 2. The Bertz CT molecular complexity index is 755. The summed E-state index contributed by atoms with van der Waals surface area (Å²) in [6.45, 7) is 7.38. The first kappa shape index (κ1) is 19.9. The van der Waals surface area contributed by atoms with Crippen LogP contribution in [0.25, 0.3) is 0 Å². The summed E-state index contributed by atoms with van der Waals surface area (Å²) in [7, 11) is 0. The molecular weight excluding hydrogens is 371 g/mol. The quantitative estimate of drug-likeness (QED) is 0.611. The number of nitrogens with zero attached hydrogens (tertiary/aromatic N) is 2. The molecule has 2 saturated heterocycles. The lowest BCUT2D eigenvalue weighted by atomic mass is 9.79. The molecule has 1 unspecified atom stereocenters. The molecule has 0 aliphatic carbocycles. The molecule has 2 aliphatic heterocycles. The predicted octanol–water partition coefficient (Wildman–Crippen LogP) is 3.73. The van der Waals surface area contributed by atoms with E-state index in [1.165, 1.54) is 6.07 Å². The van der Waals surface area contributed by atoms with Crippen molar-refractivity contribution in [2.24, 2.45) is 5.41 Å². The van der Waals surface area contributed by atoms with Crippen molar-refractivity contribution in [2.45, 2.75) is 52.2 Å². The van der Waals surface area contributed by atoms with Crippen LogP contribution in [0.4, 0.5) is 4.39 Å². The maximum atomic E-state index is 14.1. The van der Waals surface area contributed by atoms with E-state index in [0.717, 1.165) is 12.8 Å². The van der Waals surface area contributed by atoms with E-state index >= 15 is 0 Å². The number of aliphatic hydroxyl groups excluding tert-OH is 1. The van der Waals surface area contributed by atoms with Crippen LogP contribution in [0.2, 0.25) is 5.02 Å². The highest BCUT2D eigenvalue weighted by molar-refractivity contribution is 6.31. The van der Waals surface area contributed by atoms with Gasteiger partial charge >= 0.3 is 6.08 Å². The van der Waals surface area contributed by atoms with Crippen molar-refractivity contribution in [3.63, 3.8) is 0 Å². The van der Waals surface area contributed by atoms with Crippen LogP contribution >= 0.6 is 11.6 Å². The van der Waals surface area contributed by atoms with Crippen LogP contribution in [-0.4, -0.2) is 51.8 Å². The van der Waals surface area contributed by atoms with E-state index < -0.39 is 16.8 Å². The molecule has 0 saturated carbocycles. The lowest BCUT2D eigenvalue weighted by molar-refractivity contribution is -0.568. The SMILES string of the molecule is CC(C)(C)OC(O)=[N+]1CCCC2(CCN(Cc3c(F)cccc3Cl)C2=O)C1. The molecule has 5 nitrogen and oxygen atoms in total. The van der Waals surface area contributed by atoms with Gasteiger partial charge in [0, 0.05) is 23.6 Å². The number of carbonyl (C=O) groups excluding carboxylic acids is 1. The van der Waals surface area contributed by atoms with Crippen LogP contribution < -0.4 is 0 Å². The molecule has 1 atom stereocenters. The van der Waals surface area contributed by atoms with Gasteiger partial charge in [0.25, 0.3) is 0 Å². The number of aliphatic hydroxyl groups is 1. The minimum Gasteiger partial charge on any atom is -0.430 e. The van der Waals surface area contributed by atoms with Crippen LogP contribution in [0.1, 0.15) is 45.6 Å². The molecule has 3 rings (SSSR count). The van der Waals surface area contributed by atoms with Crippen molar-refractivity contribution in [3.8, 4) is 0 Å². The third-order valence-corrected chi connectivity index (χ3v) is 5.61. The van der Waals surface area contributed by atoms with E-state index in [9.17, 15) is 14.3 Å². The Hall–Kier alpha value is -1.82. The first-order chi connectivity index (χ1) is 12.6. The summed E-state index contributed by atoms with van der Waals surface area (Å²) < 4.78 is 21.4. The highest BCUT2D eigenvalue weighted by atomic mass is 35.5. The Kier molecular flexibility index (Phi) is 5.39. The average molecular weight is 398 g/mol. The highest BCUT2D eigenvalue weighted by Gasteiger charge is 2.52. The van der Waals surface area contributed by atoms with Gasteiger partial charge in [0.2, 0.25) is 5.91 Å². The van der Waals surface area contributed by atoms with Crippen molar-refractivity contribution < 1.29 is 23.6 Å². The van der Waals surface area contributed by atoms with Gasteiger partial charge in [0.15, 0.2) is 6.54 Å². The molecule has 7 heteroatoms. The van der Waals surface area contributed by atoms with E-state index in [0.29, 0.717) is 36.6 Å². The minimum atomic E-state index is -0.564. The Morgan fingerprint density at radius 1 is 1.41 bits per heavy atom. The smallest absolute Gasteiger partial charge is 0.430 e. The molecule has 148 valence electrons. The van der Waals surface area contributed by atoms with E-state index in [4.69, 9.17) is 16.3 Å². The summed E-state index contributed by atoms with van der Waals surface area (Å²) in [4.78, 5) is 14.8. The molecule has 1 N–H and O–H groups in total. The second-order valence-electron chi connectivity index (χ2n) is 8.48. The molecule has 2 fully saturated rings. The number of likely N-dealkylation sites (tertiary alicyclic amines) is 1. The summed E-state index contributed by atoms with van der Waals surface area (Å²) in [5.74, 6) is -0.402. The summed E-state index contributed by atoms with van der Waals surface area (Å²) >= 11 is 6.12. The average Bonchev–Trinajstić information content (AvgIpc) is 2.86. The minimum absolute atomic E-state index is 0.00456. The first-order valence-electron chi connectivity index (χ1n) is 9.33. The van der Waals surface area contributed by atoms with Gasteiger partial charge in [-0.25, -0.2) is 4.39 Å². The molecule has 1 aromatic rings. The van der Waals surface area contributed by atoms with Gasteiger partial charge in [0.1, 0.15) is 23.4 Å². The number of carbonyl (C=O) groups is 1. The van der Waals surface area contributed by atoms with Gasteiger partial charge < -0.3 is 14.7 Å². The molecule has 1 spiro atoms. The van der Waals surface area contributed by atoms with E-state index in [2.05, 4.69) is 0 Å². The van der Waals surface area contributed by atoms with E-state index in [-0.39, 0.29) is 18.5 Å². The number of ether oxygens (including phenoxy) is 1. The second-order valence-corrected chi connectivity index (χ2v) is 8.89. The summed E-state index contributed by atoms with van der Waals surface area (Å²) in [5.41, 5.74) is -0.726. The Morgan fingerprint density at radius 3 is 2.81 bits per heavy atom. The first-order valence-corrected chi connectivity index (χ1v) is 9.71. The maximum Gasteiger partial charge on any atom is 0.547 e. The third-order valence-electron chi connectivity index (χ3n) is 5.26. The fourth-order valence-corrected chi connectivity index (χ4v) is 4.15. The molecule has 0 aromatic heterocycles. The number of rotatable bonds is 2. The summed E-state index contributed by atoms with van der Waals surface area (Å²) in [6.07, 6.45) is 2.09. The number of benzene rings is 1. The lowest BCUT2D eigenvalue weighted by Gasteiger charge is -2.30. The third kappa shape index (κ3) is 4.21. The van der Waals surface area contributed by atoms with Gasteiger partial charge in [-0.2, -0.15) is 4.58 Å². The normalized spacial score (nSPS) is 25.2. The van der Waals surface area contributed by atoms with Gasteiger partial charge in [0.05, 0.1) is 6.54 Å². The Morgan fingerprint density at radius 2 is 2.15 bits per heavy atom. The molecule has 1 aromatic carbocycles. The van der Waals surface area contributed by atoms with Gasteiger partial charge in [-0.15, -0.1) is 0 Å². The van der Waals surface area contributed by atoms with Crippen molar-refractivity contribution in [1.82, 2.24) is 4.90 Å².